The Morgan fingerprint density at radius 2 is 1.90 bits per heavy atom. The van der Waals surface area contributed by atoms with E-state index in [2.05, 4.69) is 6.92 Å². The molecule has 0 heterocycles. The molecule has 10 atom stereocenters. The van der Waals surface area contributed by atoms with Gasteiger partial charge in [-0.05, 0) is 110 Å². The molecule has 0 amide bonds. The van der Waals surface area contributed by atoms with Crippen LogP contribution in [0, 0.1) is 58.7 Å². The number of rotatable bonds is 2. The lowest BCUT2D eigenvalue weighted by atomic mass is 9.56. The monoisotopic (exact) mass is 270 g/mol. The van der Waals surface area contributed by atoms with Crippen LogP contribution in [0.4, 0.5) is 0 Å². The Kier molecular flexibility index (Phi) is 2.02. The third-order valence-corrected chi connectivity index (χ3v) is 9.73. The van der Waals surface area contributed by atoms with Gasteiger partial charge in [0, 0.05) is 0 Å². The zero-order valence-electron chi connectivity index (χ0n) is 13.1. The van der Waals surface area contributed by atoms with Crippen LogP contribution in [0.15, 0.2) is 0 Å². The van der Waals surface area contributed by atoms with Gasteiger partial charge in [-0.15, -0.1) is 0 Å². The van der Waals surface area contributed by atoms with E-state index < -0.39 is 0 Å². The van der Waals surface area contributed by atoms with E-state index in [1.165, 1.54) is 35.5 Å². The summed E-state index contributed by atoms with van der Waals surface area (Å²) in [6.45, 7) is 2.64. The van der Waals surface area contributed by atoms with E-state index in [0.717, 1.165) is 23.2 Å². The predicted octanol–water partition coefficient (Wildman–Crippen LogP) is 5.13. The molecule has 4 bridgehead atoms. The van der Waals surface area contributed by atoms with Crippen molar-refractivity contribution < 1.29 is 0 Å². The quantitative estimate of drug-likeness (QED) is 0.652. The van der Waals surface area contributed by atoms with E-state index in [1.54, 1.807) is 57.8 Å². The number of fused-ring (bicyclic) bond motifs is 4. The molecule has 6 fully saturated rings. The molecule has 0 radical (unpaired) electrons. The van der Waals surface area contributed by atoms with Gasteiger partial charge in [0.1, 0.15) is 0 Å². The van der Waals surface area contributed by atoms with Gasteiger partial charge >= 0.3 is 0 Å². The fraction of sp³-hybridized carbons (Fsp3) is 1.00. The molecular formula is C20H30. The van der Waals surface area contributed by atoms with Crippen LogP contribution in [-0.4, -0.2) is 0 Å². The van der Waals surface area contributed by atoms with E-state index >= 15 is 0 Å². The van der Waals surface area contributed by atoms with E-state index in [-0.39, 0.29) is 0 Å². The lowest BCUT2D eigenvalue weighted by molar-refractivity contribution is 0.00165. The minimum Gasteiger partial charge on any atom is -0.0620 e. The Hall–Kier alpha value is 0. The molecule has 0 aromatic rings. The second kappa shape index (κ2) is 3.49. The third-order valence-electron chi connectivity index (χ3n) is 9.73. The Bertz CT molecular complexity index is 453. The van der Waals surface area contributed by atoms with Gasteiger partial charge < -0.3 is 0 Å². The van der Waals surface area contributed by atoms with E-state index in [0.29, 0.717) is 0 Å². The molecule has 0 aliphatic heterocycles. The fourth-order valence-corrected chi connectivity index (χ4v) is 8.78. The van der Waals surface area contributed by atoms with E-state index in [4.69, 9.17) is 0 Å². The van der Waals surface area contributed by atoms with Gasteiger partial charge in [-0.2, -0.15) is 0 Å². The molecule has 1 spiro atoms. The third kappa shape index (κ3) is 1.19. The molecule has 10 unspecified atom stereocenters. The molecule has 6 rings (SSSR count). The van der Waals surface area contributed by atoms with Crippen LogP contribution in [0.25, 0.3) is 0 Å². The first kappa shape index (κ1) is 11.6. The van der Waals surface area contributed by atoms with Gasteiger partial charge in [0.05, 0.1) is 0 Å². The van der Waals surface area contributed by atoms with Crippen molar-refractivity contribution in [3.8, 4) is 0 Å². The predicted molar refractivity (Wildman–Crippen MR) is 81.1 cm³/mol. The first-order valence-electron chi connectivity index (χ1n) is 9.76. The van der Waals surface area contributed by atoms with Crippen molar-refractivity contribution in [3.05, 3.63) is 0 Å². The van der Waals surface area contributed by atoms with Crippen molar-refractivity contribution in [3.63, 3.8) is 0 Å². The van der Waals surface area contributed by atoms with Crippen molar-refractivity contribution in [2.75, 3.05) is 0 Å². The topological polar surface area (TPSA) is 0 Å². The van der Waals surface area contributed by atoms with Crippen molar-refractivity contribution >= 4 is 0 Å². The molecule has 0 nitrogen and oxygen atoms in total. The van der Waals surface area contributed by atoms with Crippen LogP contribution in [0.3, 0.4) is 0 Å². The zero-order chi connectivity index (χ0) is 13.1. The van der Waals surface area contributed by atoms with E-state index in [9.17, 15) is 0 Å². The summed E-state index contributed by atoms with van der Waals surface area (Å²) in [7, 11) is 0. The van der Waals surface area contributed by atoms with Crippen molar-refractivity contribution in [2.45, 2.75) is 64.7 Å². The first-order valence-corrected chi connectivity index (χ1v) is 9.76. The van der Waals surface area contributed by atoms with Crippen LogP contribution in [0.2, 0.25) is 0 Å². The largest absolute Gasteiger partial charge is 0.0620 e. The molecule has 20 heavy (non-hydrogen) atoms. The molecule has 0 saturated heterocycles. The molecule has 6 aliphatic carbocycles. The zero-order valence-corrected chi connectivity index (χ0v) is 13.1. The number of hydrogen-bond donors (Lipinski definition) is 0. The summed E-state index contributed by atoms with van der Waals surface area (Å²) in [5, 5.41) is 0. The number of hydrogen-bond acceptors (Lipinski definition) is 0. The second-order valence-electron chi connectivity index (χ2n) is 9.95. The molecule has 6 saturated carbocycles. The second-order valence-corrected chi connectivity index (χ2v) is 9.95. The van der Waals surface area contributed by atoms with Gasteiger partial charge in [0.2, 0.25) is 0 Å². The van der Waals surface area contributed by atoms with Gasteiger partial charge in [-0.1, -0.05) is 13.3 Å². The fourth-order valence-electron chi connectivity index (χ4n) is 8.78. The Morgan fingerprint density at radius 3 is 2.60 bits per heavy atom. The average Bonchev–Trinajstić information content (AvgIpc) is 2.90. The maximum absolute atomic E-state index is 2.64. The molecule has 0 N–H and O–H groups in total. The molecule has 0 heteroatoms. The lowest BCUT2D eigenvalue weighted by Gasteiger charge is -2.49. The van der Waals surface area contributed by atoms with Crippen molar-refractivity contribution in [1.29, 1.82) is 0 Å². The minimum absolute atomic E-state index is 0.921. The normalized spacial score (nSPS) is 68.5. The maximum atomic E-state index is 2.64. The summed E-state index contributed by atoms with van der Waals surface area (Å²) in [5.41, 5.74) is 0.921. The van der Waals surface area contributed by atoms with Crippen LogP contribution in [0.5, 0.6) is 0 Å². The average molecular weight is 270 g/mol. The summed E-state index contributed by atoms with van der Waals surface area (Å²) >= 11 is 0. The van der Waals surface area contributed by atoms with Gasteiger partial charge in [-0.25, -0.2) is 0 Å². The van der Waals surface area contributed by atoms with Crippen LogP contribution in [0.1, 0.15) is 64.7 Å². The molecule has 6 aliphatic rings. The molecular weight excluding hydrogens is 240 g/mol. The summed E-state index contributed by atoms with van der Waals surface area (Å²) < 4.78 is 0. The van der Waals surface area contributed by atoms with Crippen molar-refractivity contribution in [2.24, 2.45) is 58.7 Å². The van der Waals surface area contributed by atoms with Gasteiger partial charge in [0.25, 0.3) is 0 Å². The Balaban J connectivity index is 1.28. The summed E-state index contributed by atoms with van der Waals surface area (Å²) in [6, 6.07) is 0. The highest BCUT2D eigenvalue weighted by Crippen LogP contribution is 2.79. The van der Waals surface area contributed by atoms with Crippen LogP contribution < -0.4 is 0 Å². The Labute approximate surface area is 124 Å². The summed E-state index contributed by atoms with van der Waals surface area (Å²) in [6.07, 6.45) is 14.7. The Morgan fingerprint density at radius 1 is 0.950 bits per heavy atom. The standard InChI is InChI=1S/C20H30/c1-11-15-9-19(15)20-5-4-18(20)16(17(11)10-20)8-14-7-12-2-3-13(14)6-12/h11-19H,2-10H2,1H3. The molecule has 110 valence electrons. The SMILES string of the molecule is CC1C2CC3(CCC3C2CC2CC3CCC2C3)C2CC12. The van der Waals surface area contributed by atoms with Gasteiger partial charge in [0.15, 0.2) is 0 Å². The molecule has 0 aromatic heterocycles. The smallest absolute Gasteiger partial charge is 0.0232 e. The highest BCUT2D eigenvalue weighted by atomic mass is 14.8. The summed E-state index contributed by atoms with van der Waals surface area (Å²) in [4.78, 5) is 0. The minimum atomic E-state index is 0.921. The summed E-state index contributed by atoms with van der Waals surface area (Å²) in [5.74, 6) is 10.5. The van der Waals surface area contributed by atoms with Crippen LogP contribution in [-0.2, 0) is 0 Å². The molecule has 0 aromatic carbocycles. The van der Waals surface area contributed by atoms with Crippen molar-refractivity contribution in [1.82, 2.24) is 0 Å². The van der Waals surface area contributed by atoms with Crippen LogP contribution >= 0.6 is 0 Å². The highest BCUT2D eigenvalue weighted by molar-refractivity contribution is 5.21. The lowest BCUT2D eigenvalue weighted by Crippen LogP contribution is -2.41. The first-order chi connectivity index (χ1) is 9.76. The van der Waals surface area contributed by atoms with E-state index in [1.807, 2.05) is 0 Å². The highest BCUT2D eigenvalue weighted by Gasteiger charge is 2.72. The van der Waals surface area contributed by atoms with Gasteiger partial charge in [-0.3, -0.25) is 0 Å². The maximum Gasteiger partial charge on any atom is -0.0232 e.